The van der Waals surface area contributed by atoms with Crippen LogP contribution in [0.3, 0.4) is 0 Å². The second-order valence-corrected chi connectivity index (χ2v) is 9.23. The van der Waals surface area contributed by atoms with Gasteiger partial charge in [0.1, 0.15) is 5.75 Å². The zero-order valence-corrected chi connectivity index (χ0v) is 18.5. The highest BCUT2D eigenvalue weighted by atomic mass is 32.2. The molecule has 3 aromatic rings. The van der Waals surface area contributed by atoms with Crippen LogP contribution in [0, 0.1) is 0 Å². The number of carbonyl (C=O) groups excluding carboxylic acids is 1. The van der Waals surface area contributed by atoms with E-state index in [9.17, 15) is 13.2 Å². The Hall–Kier alpha value is -2.97. The van der Waals surface area contributed by atoms with Crippen LogP contribution < -0.4 is 14.4 Å². The molecule has 0 atom stereocenters. The smallest absolute Gasteiger partial charge is 0.264 e. The van der Waals surface area contributed by atoms with Gasteiger partial charge in [-0.15, -0.1) is 11.8 Å². The fourth-order valence-corrected chi connectivity index (χ4v) is 4.43. The summed E-state index contributed by atoms with van der Waals surface area (Å²) in [6, 6.07) is 20.2. The van der Waals surface area contributed by atoms with Gasteiger partial charge < -0.3 is 10.1 Å². The summed E-state index contributed by atoms with van der Waals surface area (Å²) in [5.41, 5.74) is 1.59. The first-order valence-corrected chi connectivity index (χ1v) is 11.7. The maximum absolute atomic E-state index is 12.9. The van der Waals surface area contributed by atoms with Gasteiger partial charge in [-0.05, 0) is 73.0 Å². The van der Waals surface area contributed by atoms with E-state index in [1.165, 1.54) is 30.6 Å². The van der Waals surface area contributed by atoms with E-state index >= 15 is 0 Å². The summed E-state index contributed by atoms with van der Waals surface area (Å²) in [4.78, 5) is 13.7. The van der Waals surface area contributed by atoms with Crippen LogP contribution in [0.5, 0.6) is 5.75 Å². The molecule has 30 heavy (non-hydrogen) atoms. The lowest BCUT2D eigenvalue weighted by Gasteiger charge is -2.20. The average molecular weight is 443 g/mol. The number of rotatable bonds is 7. The first kappa shape index (κ1) is 21.7. The molecule has 8 heteroatoms. The van der Waals surface area contributed by atoms with E-state index in [0.717, 1.165) is 4.90 Å². The summed E-state index contributed by atoms with van der Waals surface area (Å²) in [6.45, 7) is 0. The molecule has 0 aliphatic rings. The zero-order chi connectivity index (χ0) is 21.7. The molecule has 156 valence electrons. The maximum atomic E-state index is 12.9. The number of thioether (sulfide) groups is 1. The lowest BCUT2D eigenvalue weighted by Crippen LogP contribution is -2.26. The number of amides is 1. The molecule has 0 saturated carbocycles. The van der Waals surface area contributed by atoms with E-state index in [0.29, 0.717) is 22.7 Å². The van der Waals surface area contributed by atoms with Crippen LogP contribution in [0.1, 0.15) is 10.4 Å². The Labute approximate surface area is 180 Å². The molecule has 0 spiro atoms. The summed E-state index contributed by atoms with van der Waals surface area (Å²) >= 11 is 1.59. The third-order valence-corrected chi connectivity index (χ3v) is 7.06. The molecule has 1 N–H and O–H groups in total. The number of nitrogens with zero attached hydrogens (tertiary/aromatic N) is 1. The van der Waals surface area contributed by atoms with Crippen LogP contribution in [0.4, 0.5) is 11.4 Å². The standard InChI is InChI=1S/C22H22N2O4S2/c1-24(30(26,27)21-13-11-19(28-2)12-14-21)18-9-7-16(8-10-18)22(25)23-17-5-4-6-20(15-17)29-3/h4-15H,1-3H3,(H,23,25). The third kappa shape index (κ3) is 4.77. The average Bonchev–Trinajstić information content (AvgIpc) is 2.78. The zero-order valence-electron chi connectivity index (χ0n) is 16.8. The molecule has 0 aliphatic heterocycles. The molecule has 0 bridgehead atoms. The van der Waals surface area contributed by atoms with Crippen molar-refractivity contribution in [2.45, 2.75) is 9.79 Å². The van der Waals surface area contributed by atoms with Crippen LogP contribution >= 0.6 is 11.8 Å². The summed E-state index contributed by atoms with van der Waals surface area (Å²) < 4.78 is 32.0. The van der Waals surface area contributed by atoms with Gasteiger partial charge in [0.05, 0.1) is 17.7 Å². The van der Waals surface area contributed by atoms with Gasteiger partial charge in [-0.1, -0.05) is 6.07 Å². The van der Waals surface area contributed by atoms with Gasteiger partial charge in [0.15, 0.2) is 0 Å². The molecule has 0 heterocycles. The van der Waals surface area contributed by atoms with Crippen molar-refractivity contribution in [2.24, 2.45) is 0 Å². The second kappa shape index (κ2) is 9.23. The van der Waals surface area contributed by atoms with Crippen LogP contribution in [0.15, 0.2) is 82.6 Å². The Bertz CT molecular complexity index is 1130. The minimum Gasteiger partial charge on any atom is -0.497 e. The first-order chi connectivity index (χ1) is 14.3. The van der Waals surface area contributed by atoms with Crippen molar-refractivity contribution in [3.8, 4) is 5.75 Å². The Balaban J connectivity index is 1.75. The topological polar surface area (TPSA) is 75.7 Å². The summed E-state index contributed by atoms with van der Waals surface area (Å²) in [6.07, 6.45) is 1.97. The van der Waals surface area contributed by atoms with Gasteiger partial charge in [-0.2, -0.15) is 0 Å². The van der Waals surface area contributed by atoms with Crippen molar-refractivity contribution in [3.05, 3.63) is 78.4 Å². The third-order valence-electron chi connectivity index (χ3n) is 4.54. The highest BCUT2D eigenvalue weighted by molar-refractivity contribution is 7.98. The minimum absolute atomic E-state index is 0.154. The lowest BCUT2D eigenvalue weighted by molar-refractivity contribution is 0.102. The summed E-state index contributed by atoms with van der Waals surface area (Å²) in [5.74, 6) is 0.315. The van der Waals surface area contributed by atoms with Gasteiger partial charge in [0, 0.05) is 23.2 Å². The van der Waals surface area contributed by atoms with Crippen molar-refractivity contribution in [1.82, 2.24) is 0 Å². The molecule has 0 unspecified atom stereocenters. The molecule has 3 aromatic carbocycles. The van der Waals surface area contributed by atoms with Crippen LogP contribution in [-0.2, 0) is 10.0 Å². The number of nitrogens with one attached hydrogen (secondary N) is 1. The van der Waals surface area contributed by atoms with Crippen molar-refractivity contribution in [3.63, 3.8) is 0 Å². The van der Waals surface area contributed by atoms with E-state index in [4.69, 9.17) is 4.74 Å². The number of ether oxygens (including phenoxy) is 1. The molecule has 1 amide bonds. The highest BCUT2D eigenvalue weighted by Gasteiger charge is 2.21. The largest absolute Gasteiger partial charge is 0.497 e. The number of hydrogen-bond donors (Lipinski definition) is 1. The van der Waals surface area contributed by atoms with E-state index in [1.807, 2.05) is 30.5 Å². The Kier molecular flexibility index (Phi) is 6.69. The van der Waals surface area contributed by atoms with E-state index in [2.05, 4.69) is 5.32 Å². The number of sulfonamides is 1. The summed E-state index contributed by atoms with van der Waals surface area (Å²) in [7, 11) is -0.736. The number of anilines is 2. The van der Waals surface area contributed by atoms with Gasteiger partial charge in [-0.25, -0.2) is 8.42 Å². The predicted octanol–water partition coefficient (Wildman–Crippen LogP) is 4.49. The Morgan fingerprint density at radius 3 is 2.27 bits per heavy atom. The van der Waals surface area contributed by atoms with E-state index in [1.54, 1.807) is 48.2 Å². The molecule has 0 fully saturated rings. The monoisotopic (exact) mass is 442 g/mol. The molecule has 6 nitrogen and oxygen atoms in total. The lowest BCUT2D eigenvalue weighted by atomic mass is 10.2. The van der Waals surface area contributed by atoms with Gasteiger partial charge in [-0.3, -0.25) is 9.10 Å². The van der Waals surface area contributed by atoms with Gasteiger partial charge in [0.25, 0.3) is 15.9 Å². The van der Waals surface area contributed by atoms with Gasteiger partial charge in [0.2, 0.25) is 0 Å². The fraction of sp³-hybridized carbons (Fsp3) is 0.136. The summed E-state index contributed by atoms with van der Waals surface area (Å²) in [5, 5.41) is 2.85. The highest BCUT2D eigenvalue weighted by Crippen LogP contribution is 2.24. The first-order valence-electron chi connectivity index (χ1n) is 9.03. The molecule has 0 radical (unpaired) electrons. The molecule has 0 aliphatic carbocycles. The quantitative estimate of drug-likeness (QED) is 0.546. The number of benzene rings is 3. The number of methoxy groups -OCH3 is 1. The number of carbonyl (C=O) groups is 1. The van der Waals surface area contributed by atoms with Crippen molar-refractivity contribution >= 4 is 39.1 Å². The SMILES string of the molecule is COc1ccc(S(=O)(=O)N(C)c2ccc(C(=O)Nc3cccc(SC)c3)cc2)cc1. The van der Waals surface area contributed by atoms with E-state index < -0.39 is 10.0 Å². The molecule has 0 saturated heterocycles. The van der Waals surface area contributed by atoms with Crippen LogP contribution in [0.2, 0.25) is 0 Å². The second-order valence-electron chi connectivity index (χ2n) is 6.38. The van der Waals surface area contributed by atoms with Crippen molar-refractivity contribution in [2.75, 3.05) is 30.0 Å². The van der Waals surface area contributed by atoms with E-state index in [-0.39, 0.29) is 10.8 Å². The number of hydrogen-bond acceptors (Lipinski definition) is 5. The molecule has 0 aromatic heterocycles. The van der Waals surface area contributed by atoms with Crippen LogP contribution in [0.25, 0.3) is 0 Å². The van der Waals surface area contributed by atoms with Crippen molar-refractivity contribution in [1.29, 1.82) is 0 Å². The molecular formula is C22H22N2O4S2. The van der Waals surface area contributed by atoms with Crippen LogP contribution in [-0.4, -0.2) is 34.7 Å². The predicted molar refractivity (Wildman–Crippen MR) is 121 cm³/mol. The fourth-order valence-electron chi connectivity index (χ4n) is 2.77. The van der Waals surface area contributed by atoms with Crippen molar-refractivity contribution < 1.29 is 17.9 Å². The minimum atomic E-state index is -3.73. The molecular weight excluding hydrogens is 420 g/mol. The molecule has 3 rings (SSSR count). The normalized spacial score (nSPS) is 11.0. The Morgan fingerprint density at radius 2 is 1.67 bits per heavy atom. The maximum Gasteiger partial charge on any atom is 0.264 e. The Morgan fingerprint density at radius 1 is 1.00 bits per heavy atom. The van der Waals surface area contributed by atoms with Gasteiger partial charge >= 0.3 is 0 Å².